The van der Waals surface area contributed by atoms with E-state index in [9.17, 15) is 9.59 Å². The second-order valence-electron chi connectivity index (χ2n) is 6.75. The van der Waals surface area contributed by atoms with Crippen LogP contribution in [0, 0.1) is 3.95 Å². The van der Waals surface area contributed by atoms with Crippen molar-refractivity contribution in [3.05, 3.63) is 3.95 Å². The number of carbonyl (C=O) groups is 2. The molecular weight excluding hydrogens is 366 g/mol. The fourth-order valence-electron chi connectivity index (χ4n) is 1.44. The standard InChI is InChI=1S/C13H25N5O3S2Si/c1-13(2,3)24(5,6)21-7-8(9(19)14-4)15-10(20)16-11-17-18-12(22)23-11/h8H,7H2,1-6H3,(H,14,19)(H,18,22)(H2,15,16,17,20)/t8-/m0/s1. The van der Waals surface area contributed by atoms with E-state index in [1.54, 1.807) is 0 Å². The average Bonchev–Trinajstić information content (AvgIpc) is 2.86. The Labute approximate surface area is 151 Å². The summed E-state index contributed by atoms with van der Waals surface area (Å²) in [4.78, 5) is 24.1. The maximum Gasteiger partial charge on any atom is 0.321 e. The maximum atomic E-state index is 12.0. The number of nitrogens with one attached hydrogen (secondary N) is 4. The van der Waals surface area contributed by atoms with Crippen LogP contribution >= 0.6 is 23.6 Å². The third-order valence-corrected chi connectivity index (χ3v) is 9.45. The Kier molecular flexibility index (Phi) is 7.07. The van der Waals surface area contributed by atoms with Crippen molar-refractivity contribution in [3.63, 3.8) is 0 Å². The van der Waals surface area contributed by atoms with Gasteiger partial charge in [0.25, 0.3) is 0 Å². The van der Waals surface area contributed by atoms with Crippen LogP contribution in [0.25, 0.3) is 0 Å². The highest BCUT2D eigenvalue weighted by Gasteiger charge is 2.38. The lowest BCUT2D eigenvalue weighted by Gasteiger charge is -2.37. The minimum absolute atomic E-state index is 0.0130. The lowest BCUT2D eigenvalue weighted by atomic mass is 10.2. The van der Waals surface area contributed by atoms with Gasteiger partial charge < -0.3 is 15.1 Å². The Morgan fingerprint density at radius 1 is 1.42 bits per heavy atom. The molecule has 0 spiro atoms. The van der Waals surface area contributed by atoms with Crippen LogP contribution in [0.15, 0.2) is 0 Å². The summed E-state index contributed by atoms with van der Waals surface area (Å²) < 4.78 is 6.49. The molecule has 1 heterocycles. The lowest BCUT2D eigenvalue weighted by Crippen LogP contribution is -2.52. The largest absolute Gasteiger partial charge is 0.414 e. The van der Waals surface area contributed by atoms with Crippen LogP contribution in [-0.2, 0) is 9.22 Å². The Morgan fingerprint density at radius 2 is 2.04 bits per heavy atom. The Hall–Kier alpha value is -1.30. The summed E-state index contributed by atoms with van der Waals surface area (Å²) in [5.74, 6) is -0.321. The third-order valence-electron chi connectivity index (χ3n) is 3.94. The molecular formula is C13H25N5O3S2Si. The zero-order valence-electron chi connectivity index (χ0n) is 14.8. The van der Waals surface area contributed by atoms with Crippen molar-refractivity contribution in [3.8, 4) is 0 Å². The van der Waals surface area contributed by atoms with Gasteiger partial charge in [-0.15, -0.1) is 5.10 Å². The van der Waals surface area contributed by atoms with Crippen LogP contribution < -0.4 is 16.0 Å². The smallest absolute Gasteiger partial charge is 0.321 e. The average molecular weight is 392 g/mol. The topological polar surface area (TPSA) is 108 Å². The van der Waals surface area contributed by atoms with Crippen molar-refractivity contribution in [2.24, 2.45) is 0 Å². The summed E-state index contributed by atoms with van der Waals surface area (Å²) in [7, 11) is -0.514. The predicted molar refractivity (Wildman–Crippen MR) is 100 cm³/mol. The van der Waals surface area contributed by atoms with Crippen molar-refractivity contribution in [2.75, 3.05) is 19.0 Å². The molecule has 0 aliphatic carbocycles. The number of hydrogen-bond acceptors (Lipinski definition) is 6. The summed E-state index contributed by atoms with van der Waals surface area (Å²) >= 11 is 6.03. The first-order chi connectivity index (χ1) is 11.0. The minimum Gasteiger partial charge on any atom is -0.414 e. The molecule has 1 atom stereocenters. The van der Waals surface area contributed by atoms with Crippen LogP contribution in [0.2, 0.25) is 18.1 Å². The van der Waals surface area contributed by atoms with Crippen LogP contribution in [0.4, 0.5) is 9.93 Å². The van der Waals surface area contributed by atoms with Gasteiger partial charge in [-0.05, 0) is 30.4 Å². The van der Waals surface area contributed by atoms with Gasteiger partial charge in [-0.1, -0.05) is 32.1 Å². The van der Waals surface area contributed by atoms with Crippen LogP contribution in [0.5, 0.6) is 0 Å². The summed E-state index contributed by atoms with van der Waals surface area (Å²) in [5, 5.41) is 14.4. The van der Waals surface area contributed by atoms with Gasteiger partial charge >= 0.3 is 6.03 Å². The molecule has 0 saturated heterocycles. The van der Waals surface area contributed by atoms with Crippen molar-refractivity contribution in [1.29, 1.82) is 0 Å². The summed E-state index contributed by atoms with van der Waals surface area (Å²) in [6.45, 7) is 10.6. The van der Waals surface area contributed by atoms with Crippen molar-refractivity contribution in [2.45, 2.75) is 44.9 Å². The van der Waals surface area contributed by atoms with E-state index < -0.39 is 20.4 Å². The van der Waals surface area contributed by atoms with Crippen molar-refractivity contribution >= 4 is 48.9 Å². The molecule has 0 fully saturated rings. The van der Waals surface area contributed by atoms with Gasteiger partial charge in [0.2, 0.25) is 11.0 Å². The Bertz CT molecular complexity index is 638. The molecule has 0 aromatic carbocycles. The van der Waals surface area contributed by atoms with E-state index >= 15 is 0 Å². The van der Waals surface area contributed by atoms with E-state index in [-0.39, 0.29) is 17.6 Å². The van der Waals surface area contributed by atoms with Crippen molar-refractivity contribution in [1.82, 2.24) is 20.8 Å². The third kappa shape index (κ3) is 5.96. The number of rotatable bonds is 6. The summed E-state index contributed by atoms with van der Waals surface area (Å²) in [5.41, 5.74) is 0. The zero-order valence-corrected chi connectivity index (χ0v) is 17.4. The molecule has 0 radical (unpaired) electrons. The lowest BCUT2D eigenvalue weighted by molar-refractivity contribution is -0.123. The molecule has 1 rings (SSSR count). The molecule has 1 aromatic heterocycles. The van der Waals surface area contributed by atoms with Crippen LogP contribution in [0.1, 0.15) is 20.8 Å². The van der Waals surface area contributed by atoms with Gasteiger partial charge in [-0.3, -0.25) is 15.2 Å². The van der Waals surface area contributed by atoms with Gasteiger partial charge in [-0.2, -0.15) is 0 Å². The van der Waals surface area contributed by atoms with E-state index in [0.717, 1.165) is 11.3 Å². The number of nitrogens with zero attached hydrogens (tertiary/aromatic N) is 1. The van der Waals surface area contributed by atoms with Gasteiger partial charge in [0.05, 0.1) is 6.61 Å². The fraction of sp³-hybridized carbons (Fsp3) is 0.692. The minimum atomic E-state index is -2.03. The molecule has 11 heteroatoms. The molecule has 4 N–H and O–H groups in total. The van der Waals surface area contributed by atoms with E-state index in [0.29, 0.717) is 9.09 Å². The first kappa shape index (κ1) is 20.7. The van der Waals surface area contributed by atoms with E-state index in [4.69, 9.17) is 16.6 Å². The highest BCUT2D eigenvalue weighted by atomic mass is 32.1. The molecule has 0 aliphatic heterocycles. The maximum absolute atomic E-state index is 12.0. The number of urea groups is 1. The molecule has 1 aromatic rings. The monoisotopic (exact) mass is 391 g/mol. The number of anilines is 1. The molecule has 0 saturated carbocycles. The number of carbonyl (C=O) groups excluding carboxylic acids is 2. The first-order valence-corrected chi connectivity index (χ1v) is 11.6. The Morgan fingerprint density at radius 3 is 2.50 bits per heavy atom. The van der Waals surface area contributed by atoms with Crippen LogP contribution in [0.3, 0.4) is 0 Å². The number of H-pyrrole nitrogens is 1. The molecule has 3 amide bonds. The predicted octanol–water partition coefficient (Wildman–Crippen LogP) is 2.46. The zero-order chi connectivity index (χ0) is 18.5. The second-order valence-corrected chi connectivity index (χ2v) is 13.2. The number of aromatic amines is 1. The first-order valence-electron chi connectivity index (χ1n) is 7.45. The molecule has 0 unspecified atom stereocenters. The van der Waals surface area contributed by atoms with E-state index in [1.165, 1.54) is 7.05 Å². The molecule has 0 aliphatic rings. The molecule has 0 bridgehead atoms. The van der Waals surface area contributed by atoms with E-state index in [1.807, 2.05) is 0 Å². The summed E-state index contributed by atoms with van der Waals surface area (Å²) in [6.07, 6.45) is 0. The quantitative estimate of drug-likeness (QED) is 0.440. The normalized spacial score (nSPS) is 13.2. The van der Waals surface area contributed by atoms with Gasteiger partial charge in [0.15, 0.2) is 12.3 Å². The molecule has 24 heavy (non-hydrogen) atoms. The number of likely N-dealkylation sites (N-methyl/N-ethyl adjacent to an activating group) is 1. The SMILES string of the molecule is CNC(=O)[C@H](CO[Si](C)(C)C(C)(C)C)NC(=O)Nc1n[nH]c(=S)s1. The number of aromatic nitrogens is 2. The molecule has 136 valence electrons. The summed E-state index contributed by atoms with van der Waals surface area (Å²) in [6, 6.07) is -1.34. The van der Waals surface area contributed by atoms with Crippen molar-refractivity contribution < 1.29 is 14.0 Å². The number of hydrogen-bond donors (Lipinski definition) is 4. The van der Waals surface area contributed by atoms with Gasteiger partial charge in [-0.25, -0.2) is 4.79 Å². The molecule has 8 nitrogen and oxygen atoms in total. The van der Waals surface area contributed by atoms with Crippen LogP contribution in [-0.4, -0.2) is 50.1 Å². The highest BCUT2D eigenvalue weighted by molar-refractivity contribution is 7.73. The van der Waals surface area contributed by atoms with Gasteiger partial charge in [0, 0.05) is 7.05 Å². The van der Waals surface area contributed by atoms with E-state index in [2.05, 4.69) is 60.0 Å². The fourth-order valence-corrected chi connectivity index (χ4v) is 3.24. The highest BCUT2D eigenvalue weighted by Crippen LogP contribution is 2.36. The second kappa shape index (κ2) is 8.19. The van der Waals surface area contributed by atoms with Gasteiger partial charge in [0.1, 0.15) is 6.04 Å². The number of amides is 3. The Balaban J connectivity index is 2.70.